The van der Waals surface area contributed by atoms with Crippen molar-refractivity contribution in [3.63, 3.8) is 0 Å². The Kier molecular flexibility index (Phi) is 40.8. The van der Waals surface area contributed by atoms with E-state index in [9.17, 15) is 0 Å². The topological polar surface area (TPSA) is 179 Å². The van der Waals surface area contributed by atoms with Gasteiger partial charge in [0, 0.05) is 119 Å². The van der Waals surface area contributed by atoms with Gasteiger partial charge >= 0.3 is 0 Å². The fraction of sp³-hybridized carbons (Fsp3) is 0.0625. The Morgan fingerprint density at radius 3 is 0.791 bits per heavy atom. The van der Waals surface area contributed by atoms with Crippen LogP contribution in [-0.4, -0.2) is 59.3 Å². The van der Waals surface area contributed by atoms with E-state index in [1.54, 1.807) is 0 Å². The van der Waals surface area contributed by atoms with Gasteiger partial charge in [0.05, 0.1) is 22.8 Å². The quantitative estimate of drug-likeness (QED) is 0.0837. The molecular formula is C128H100N16Pt4-12. The summed E-state index contributed by atoms with van der Waals surface area (Å²) in [5, 5.41) is 34.4. The van der Waals surface area contributed by atoms with Crippen LogP contribution >= 0.6 is 0 Å². The summed E-state index contributed by atoms with van der Waals surface area (Å²) in [4.78, 5) is 18.0. The van der Waals surface area contributed by atoms with E-state index >= 15 is 0 Å². The van der Waals surface area contributed by atoms with Gasteiger partial charge in [-0.3, -0.25) is 23.8 Å². The molecule has 0 N–H and O–H groups in total. The van der Waals surface area contributed by atoms with Crippen LogP contribution in [0.2, 0.25) is 0 Å². The van der Waals surface area contributed by atoms with E-state index < -0.39 is 0 Å². The van der Waals surface area contributed by atoms with Gasteiger partial charge in [-0.2, -0.15) is 146 Å². The van der Waals surface area contributed by atoms with Crippen molar-refractivity contribution >= 4 is 0 Å². The smallest absolute Gasteiger partial charge is 0.0600 e. The van der Waals surface area contributed by atoms with Crippen LogP contribution in [0.4, 0.5) is 0 Å². The van der Waals surface area contributed by atoms with Crippen molar-refractivity contribution in [3.8, 4) is 158 Å². The third kappa shape index (κ3) is 30.1. The first-order valence-electron chi connectivity index (χ1n) is 47.2. The second-order valence-corrected chi connectivity index (χ2v) is 33.6. The maximum absolute atomic E-state index is 4.61. The van der Waals surface area contributed by atoms with E-state index in [1.807, 2.05) is 335 Å². The minimum Gasteiger partial charge on any atom is -0.707 e. The fourth-order valence-electron chi connectivity index (χ4n) is 15.9. The van der Waals surface area contributed by atoms with Crippen molar-refractivity contribution in [2.24, 2.45) is 0 Å². The standard InChI is InChI=1S/C22H15N.2C21H14N2.C20H13N3.4C11H11N2.4Pt/c1-3-7-17(8-4-1)18-11-13-19(14-12-18)21-15-22(23-16-21)20-9-5-2-6-10-20;1-3-7-16(8-4-1)17-11-13-18(14-12-17)20-15-22-21(23-20)19-9-5-2-6-10-19;1-3-7-16(8-4-1)17-11-13-19(14-12-17)21-15-20(22-23-21)18-9-5-2-6-10-18;1-3-7-15(8-4-1)16-11-13-18(14-12-16)20-21-19(22-23-20)17-9-5-2-6-10-17;4*1-9-8-10(2)13(12-9)11-6-4-3-5-7-11;;;;/h1-9,11-16H;2*1-9,11-15H;1-9,11-14H;4*3-6,8H,1-2H3;;;;/q4*-2;4*-1;;;;. The number of benzene rings is 16. The van der Waals surface area contributed by atoms with Gasteiger partial charge < -0.3 is 35.2 Å². The zero-order chi connectivity index (χ0) is 99.0. The average Bonchev–Trinajstić information content (AvgIpc) is 1.71. The molecule has 0 saturated carbocycles. The summed E-state index contributed by atoms with van der Waals surface area (Å²) >= 11 is 0. The number of aryl methyl sites for hydroxylation is 8. The minimum absolute atomic E-state index is 0. The Balaban J connectivity index is 0.000000142. The number of para-hydroxylation sites is 4. The number of hydrogen-bond acceptors (Lipinski definition) is 8. The first-order chi connectivity index (χ1) is 70.7. The Labute approximate surface area is 923 Å². The van der Waals surface area contributed by atoms with E-state index in [2.05, 4.69) is 309 Å². The first kappa shape index (κ1) is 109. The van der Waals surface area contributed by atoms with Crippen LogP contribution < -0.4 is 20.2 Å². The molecule has 0 radical (unpaired) electrons. The molecule has 0 amide bonds. The van der Waals surface area contributed by atoms with Crippen molar-refractivity contribution in [1.82, 2.24) is 79.5 Å². The zero-order valence-electron chi connectivity index (χ0n) is 82.3. The number of nitrogens with zero attached hydrogens (tertiary/aromatic N) is 16. The van der Waals surface area contributed by atoms with E-state index in [0.717, 1.165) is 136 Å². The molecule has 0 unspecified atom stereocenters. The predicted octanol–water partition coefficient (Wildman–Crippen LogP) is 28.5. The number of imidazole rings is 1. The molecule has 0 fully saturated rings. The van der Waals surface area contributed by atoms with Crippen LogP contribution in [0.3, 0.4) is 0 Å². The van der Waals surface area contributed by atoms with Crippen LogP contribution in [0.15, 0.2) is 461 Å². The van der Waals surface area contributed by atoms with Crippen molar-refractivity contribution in [1.29, 1.82) is 0 Å². The molecule has 0 atom stereocenters. The molecule has 24 aromatic rings. The maximum atomic E-state index is 4.61. The summed E-state index contributed by atoms with van der Waals surface area (Å²) < 4.78 is 7.59. The fourth-order valence-corrected chi connectivity index (χ4v) is 15.9. The third-order valence-corrected chi connectivity index (χ3v) is 22.9. The summed E-state index contributed by atoms with van der Waals surface area (Å²) in [6.07, 6.45) is 3.74. The molecule has 8 aromatic heterocycles. The zero-order valence-corrected chi connectivity index (χ0v) is 91.4. The van der Waals surface area contributed by atoms with Gasteiger partial charge in [0.2, 0.25) is 0 Å². The molecule has 24 rings (SSSR count). The van der Waals surface area contributed by atoms with Gasteiger partial charge in [0.1, 0.15) is 0 Å². The van der Waals surface area contributed by atoms with E-state index in [0.29, 0.717) is 17.5 Å². The second-order valence-electron chi connectivity index (χ2n) is 33.6. The van der Waals surface area contributed by atoms with Crippen molar-refractivity contribution in [2.45, 2.75) is 55.4 Å². The summed E-state index contributed by atoms with van der Waals surface area (Å²) in [6.45, 7) is 16.1. The van der Waals surface area contributed by atoms with Crippen molar-refractivity contribution < 1.29 is 84.3 Å². The number of hydrogen-bond donors (Lipinski definition) is 0. The summed E-state index contributed by atoms with van der Waals surface area (Å²) in [5.41, 5.74) is 35.1. The van der Waals surface area contributed by atoms with E-state index in [-0.39, 0.29) is 84.3 Å². The Bertz CT molecular complexity index is 7040. The summed E-state index contributed by atoms with van der Waals surface area (Å²) in [6, 6.07) is 175. The maximum Gasteiger partial charge on any atom is 0.0600 e. The van der Waals surface area contributed by atoms with Gasteiger partial charge in [-0.05, 0) is 175 Å². The van der Waals surface area contributed by atoms with Gasteiger partial charge in [-0.1, -0.05) is 236 Å². The Morgan fingerprint density at radius 2 is 0.480 bits per heavy atom. The van der Waals surface area contributed by atoms with Crippen molar-refractivity contribution in [2.75, 3.05) is 0 Å². The molecule has 744 valence electrons. The third-order valence-electron chi connectivity index (χ3n) is 22.9. The monoisotopic (exact) mass is 2640 g/mol. The van der Waals surface area contributed by atoms with Gasteiger partial charge in [-0.15, -0.1) is 163 Å². The molecule has 148 heavy (non-hydrogen) atoms. The molecule has 0 bridgehead atoms. The molecule has 0 aliphatic carbocycles. The van der Waals surface area contributed by atoms with Crippen LogP contribution in [0.1, 0.15) is 45.6 Å². The van der Waals surface area contributed by atoms with E-state index in [4.69, 9.17) is 0 Å². The molecule has 0 aliphatic rings. The minimum atomic E-state index is 0. The van der Waals surface area contributed by atoms with Crippen LogP contribution in [0.25, 0.3) is 158 Å². The molecule has 0 aliphatic heterocycles. The van der Waals surface area contributed by atoms with Crippen LogP contribution in [-0.2, 0) is 84.3 Å². The number of rotatable bonds is 16. The Hall–Kier alpha value is -16.0. The molecular weight excluding hydrogens is 2540 g/mol. The van der Waals surface area contributed by atoms with Crippen LogP contribution in [0, 0.1) is 104 Å². The largest absolute Gasteiger partial charge is 0.707 e. The second kappa shape index (κ2) is 55.3. The van der Waals surface area contributed by atoms with Crippen LogP contribution in [0.5, 0.6) is 0 Å². The SMILES string of the molecule is Cc1cc(C)n(-c2[c-]cccc2)n1.Cc1cc(C)n(-c2[c-]cccc2)n1.Cc1cc(C)n(-c2[c-]cccc2)n1.Cc1cc(C)n(-c2[c-]cccc2)n1.[Pt].[Pt].[Pt].[Pt].[c-]1ccccc1-c1cc(-c2ccc(-c3ccccc3)cc2)c[n-]1.[c-]1ccccc1-c1cc(-c2ccc(-c3ccccc3)cc2)n[n-]1.[c-]1ccccc1-c1nc(-c2ccc(-c3ccccc3)cc2)c[n-]1.[c-]1ccccc1-c1nc(-c2ccc(-c3ccccc3)cc2)n[n-]1. The average molecular weight is 2640 g/mol. The van der Waals surface area contributed by atoms with Gasteiger partial charge in [0.15, 0.2) is 0 Å². The molecule has 20 heteroatoms. The molecule has 16 nitrogen and oxygen atoms in total. The first-order valence-corrected chi connectivity index (χ1v) is 47.2. The summed E-state index contributed by atoms with van der Waals surface area (Å²) in [5.74, 6) is 1.96. The number of aromatic nitrogens is 16. The molecule has 8 heterocycles. The molecule has 0 saturated heterocycles. The Morgan fingerprint density at radius 1 is 0.203 bits per heavy atom. The summed E-state index contributed by atoms with van der Waals surface area (Å²) in [7, 11) is 0. The van der Waals surface area contributed by atoms with Crippen molar-refractivity contribution in [3.05, 3.63) is 555 Å². The van der Waals surface area contributed by atoms with E-state index in [1.165, 1.54) is 50.1 Å². The van der Waals surface area contributed by atoms with Gasteiger partial charge in [0.25, 0.3) is 0 Å². The predicted molar refractivity (Wildman–Crippen MR) is 578 cm³/mol. The van der Waals surface area contributed by atoms with Gasteiger partial charge in [-0.25, -0.2) is 11.4 Å². The molecule has 0 spiro atoms. The molecule has 16 aromatic carbocycles. The normalized spacial score (nSPS) is 10.2.